The van der Waals surface area contributed by atoms with E-state index in [9.17, 15) is 9.90 Å². The van der Waals surface area contributed by atoms with Gasteiger partial charge in [0.1, 0.15) is 0 Å². The van der Waals surface area contributed by atoms with Gasteiger partial charge < -0.3 is 9.84 Å². The molecule has 4 bridgehead atoms. The van der Waals surface area contributed by atoms with Gasteiger partial charge in [-0.05, 0) is 89.9 Å². The molecule has 232 valence electrons. The van der Waals surface area contributed by atoms with E-state index >= 15 is 14.4 Å². The lowest BCUT2D eigenvalue weighted by molar-refractivity contribution is -0.266. The molecule has 6 heteroatoms. The minimum Gasteiger partial charge on any atom is -0.390 e. The third-order valence-electron chi connectivity index (χ3n) is 12.9. The summed E-state index contributed by atoms with van der Waals surface area (Å²) in [6.45, 7) is 19.5. The van der Waals surface area contributed by atoms with Gasteiger partial charge in [0.2, 0.25) is 0 Å². The van der Waals surface area contributed by atoms with E-state index in [1.807, 2.05) is 47.6 Å². The van der Waals surface area contributed by atoms with Gasteiger partial charge in [-0.2, -0.15) is 0 Å². The SMILES string of the molecule is CC(C)=CC[C@]12C[C@@H]3C4(C5OC5(C)C)CC(C)(C)[C@H](C(C)(C)O)C[C@@]4(C1=O)C(=O)[C@](C(=O)c1ccccc1)(C2=O)C3(C)C. The van der Waals surface area contributed by atoms with Gasteiger partial charge >= 0.3 is 0 Å². The lowest BCUT2D eigenvalue weighted by Crippen LogP contribution is -2.88. The molecule has 1 saturated heterocycles. The Labute approximate surface area is 256 Å². The van der Waals surface area contributed by atoms with E-state index in [1.165, 1.54) is 0 Å². The zero-order valence-electron chi connectivity index (χ0n) is 27.5. The van der Waals surface area contributed by atoms with Crippen LogP contribution in [0.3, 0.4) is 0 Å². The lowest BCUT2D eigenvalue weighted by atomic mass is 9.20. The first-order valence-electron chi connectivity index (χ1n) is 15.9. The van der Waals surface area contributed by atoms with E-state index in [0.29, 0.717) is 18.4 Å². The topological polar surface area (TPSA) is 101 Å². The third-order valence-corrected chi connectivity index (χ3v) is 12.9. The van der Waals surface area contributed by atoms with Crippen LogP contribution >= 0.6 is 0 Å². The van der Waals surface area contributed by atoms with E-state index in [0.717, 1.165) is 5.57 Å². The van der Waals surface area contributed by atoms with Crippen molar-refractivity contribution in [3.8, 4) is 0 Å². The van der Waals surface area contributed by atoms with Crippen LogP contribution in [0, 0.1) is 44.3 Å². The second-order valence-electron chi connectivity index (χ2n) is 17.1. The maximum Gasteiger partial charge on any atom is 0.184 e. The van der Waals surface area contributed by atoms with Crippen molar-refractivity contribution in [1.82, 2.24) is 0 Å². The zero-order valence-corrected chi connectivity index (χ0v) is 27.5. The summed E-state index contributed by atoms with van der Waals surface area (Å²) in [6.07, 6.45) is 2.57. The van der Waals surface area contributed by atoms with Gasteiger partial charge in [-0.3, -0.25) is 19.2 Å². The molecule has 6 nitrogen and oxygen atoms in total. The summed E-state index contributed by atoms with van der Waals surface area (Å²) in [5.41, 5.74) is -8.10. The standard InChI is InChI=1S/C37H48O6/c1-21(2)16-17-34-18-24-31(5,6)37(27(34)40,25(38)22-14-12-11-13-15-22)28(41)35(26(34)39)19-23(32(7,8)42)30(3,4)20-36(24,35)29-33(9,10)43-29/h11-16,23-24,29,42H,17-20H2,1-10H3/t23-,24+,29?,34+,35-,36?,37+/m1/s1. The molecule has 1 N–H and O–H groups in total. The maximum absolute atomic E-state index is 15.8. The van der Waals surface area contributed by atoms with Crippen LogP contribution < -0.4 is 0 Å². The van der Waals surface area contributed by atoms with E-state index < -0.39 is 73.1 Å². The molecule has 6 aliphatic rings. The van der Waals surface area contributed by atoms with Gasteiger partial charge in [-0.1, -0.05) is 69.7 Å². The molecule has 1 aromatic carbocycles. The Balaban J connectivity index is 1.74. The van der Waals surface area contributed by atoms with Crippen molar-refractivity contribution in [2.75, 3.05) is 0 Å². The van der Waals surface area contributed by atoms with Gasteiger partial charge in [0.05, 0.1) is 28.1 Å². The highest BCUT2D eigenvalue weighted by atomic mass is 16.6. The van der Waals surface area contributed by atoms with Crippen molar-refractivity contribution in [3.63, 3.8) is 0 Å². The highest BCUT2D eigenvalue weighted by Crippen LogP contribution is 2.85. The Morgan fingerprint density at radius 2 is 1.53 bits per heavy atom. The molecule has 7 rings (SSSR count). The number of ketones is 4. The number of epoxide rings is 1. The van der Waals surface area contributed by atoms with Crippen LogP contribution in [-0.2, 0) is 19.1 Å². The molecule has 1 aromatic rings. The predicted octanol–water partition coefficient (Wildman–Crippen LogP) is 6.34. The van der Waals surface area contributed by atoms with Crippen molar-refractivity contribution in [1.29, 1.82) is 0 Å². The summed E-state index contributed by atoms with van der Waals surface area (Å²) >= 11 is 0. The second-order valence-corrected chi connectivity index (χ2v) is 17.1. The molecule has 6 fully saturated rings. The Morgan fingerprint density at radius 1 is 0.953 bits per heavy atom. The number of benzene rings is 1. The predicted molar refractivity (Wildman–Crippen MR) is 163 cm³/mol. The molecule has 7 atom stereocenters. The van der Waals surface area contributed by atoms with E-state index in [1.54, 1.807) is 44.2 Å². The first-order chi connectivity index (χ1) is 19.6. The molecule has 1 aliphatic heterocycles. The number of hydrogen-bond acceptors (Lipinski definition) is 6. The van der Waals surface area contributed by atoms with E-state index in [2.05, 4.69) is 13.8 Å². The third kappa shape index (κ3) is 3.27. The number of hydrogen-bond donors (Lipinski definition) is 1. The fraction of sp³-hybridized carbons (Fsp3) is 0.676. The van der Waals surface area contributed by atoms with Crippen molar-refractivity contribution in [3.05, 3.63) is 47.5 Å². The maximum atomic E-state index is 15.8. The molecular weight excluding hydrogens is 540 g/mol. The molecule has 1 spiro atoms. The number of ether oxygens (including phenoxy) is 1. The molecule has 0 aromatic heterocycles. The number of Topliss-reactive ketones (excluding diaryl/α,β-unsaturated/α-hetero) is 4. The fourth-order valence-corrected chi connectivity index (χ4v) is 11.3. The largest absolute Gasteiger partial charge is 0.390 e. The normalized spacial score (nSPS) is 41.6. The number of aliphatic hydroxyl groups is 1. The lowest BCUT2D eigenvalue weighted by Gasteiger charge is -2.78. The van der Waals surface area contributed by atoms with Crippen LogP contribution in [0.2, 0.25) is 0 Å². The van der Waals surface area contributed by atoms with Crippen LogP contribution in [0.5, 0.6) is 0 Å². The highest BCUT2D eigenvalue weighted by Gasteiger charge is 2.94. The van der Waals surface area contributed by atoms with E-state index in [-0.39, 0.29) is 24.5 Å². The monoisotopic (exact) mass is 588 g/mol. The minimum absolute atomic E-state index is 0.0946. The summed E-state index contributed by atoms with van der Waals surface area (Å²) in [5, 5.41) is 11.6. The number of carbonyl (C=O) groups excluding carboxylic acids is 4. The van der Waals surface area contributed by atoms with Crippen LogP contribution in [0.15, 0.2) is 42.0 Å². The van der Waals surface area contributed by atoms with Crippen molar-refractivity contribution in [2.24, 2.45) is 44.3 Å². The van der Waals surface area contributed by atoms with Crippen molar-refractivity contribution < 1.29 is 29.0 Å². The second kappa shape index (κ2) is 8.42. The summed E-state index contributed by atoms with van der Waals surface area (Å²) in [5.74, 6) is -2.66. The minimum atomic E-state index is -2.02. The van der Waals surface area contributed by atoms with E-state index in [4.69, 9.17) is 4.74 Å². The molecule has 0 amide bonds. The summed E-state index contributed by atoms with van der Waals surface area (Å²) in [6, 6.07) is 8.64. The Morgan fingerprint density at radius 3 is 2.05 bits per heavy atom. The first-order valence-corrected chi connectivity index (χ1v) is 15.9. The van der Waals surface area contributed by atoms with Gasteiger partial charge in [-0.15, -0.1) is 0 Å². The molecular formula is C37H48O6. The Bertz CT molecular complexity index is 1490. The first kappa shape index (κ1) is 30.6. The number of carbonyl (C=O) groups is 4. The van der Waals surface area contributed by atoms with Gasteiger partial charge in [0.15, 0.2) is 28.5 Å². The van der Waals surface area contributed by atoms with Crippen LogP contribution in [0.4, 0.5) is 0 Å². The zero-order chi connectivity index (χ0) is 32.0. The van der Waals surface area contributed by atoms with Crippen molar-refractivity contribution >= 4 is 23.1 Å². The molecule has 43 heavy (non-hydrogen) atoms. The number of allylic oxidation sites excluding steroid dienone is 2. The van der Waals surface area contributed by atoms with Crippen molar-refractivity contribution in [2.45, 2.75) is 112 Å². The van der Waals surface area contributed by atoms with Crippen LogP contribution in [-0.4, -0.2) is 45.5 Å². The molecule has 2 unspecified atom stereocenters. The van der Waals surface area contributed by atoms with Crippen LogP contribution in [0.25, 0.3) is 0 Å². The Hall–Kier alpha value is -2.44. The summed E-state index contributed by atoms with van der Waals surface area (Å²) in [4.78, 5) is 61.5. The van der Waals surface area contributed by atoms with Gasteiger partial charge in [0, 0.05) is 11.0 Å². The quantitative estimate of drug-likeness (QED) is 0.180. The summed E-state index contributed by atoms with van der Waals surface area (Å²) < 4.78 is 6.48. The average Bonchev–Trinajstić information content (AvgIpc) is 3.54. The molecule has 5 saturated carbocycles. The average molecular weight is 589 g/mol. The smallest absolute Gasteiger partial charge is 0.184 e. The fourth-order valence-electron chi connectivity index (χ4n) is 11.3. The number of rotatable bonds is 6. The van der Waals surface area contributed by atoms with Crippen LogP contribution in [0.1, 0.15) is 105 Å². The van der Waals surface area contributed by atoms with Gasteiger partial charge in [0.25, 0.3) is 0 Å². The summed E-state index contributed by atoms with van der Waals surface area (Å²) in [7, 11) is 0. The highest BCUT2D eigenvalue weighted by molar-refractivity contribution is 6.43. The molecule has 0 radical (unpaired) electrons. The Kier molecular flexibility index (Phi) is 5.99. The molecule has 5 aliphatic carbocycles. The van der Waals surface area contributed by atoms with Gasteiger partial charge in [-0.25, -0.2) is 0 Å². The molecule has 1 heterocycles.